The van der Waals surface area contributed by atoms with Gasteiger partial charge in [0.1, 0.15) is 17.2 Å². The van der Waals surface area contributed by atoms with Crippen LogP contribution in [0.2, 0.25) is 0 Å². The maximum absolute atomic E-state index is 14.0. The summed E-state index contributed by atoms with van der Waals surface area (Å²) in [6.07, 6.45) is -9.25. The van der Waals surface area contributed by atoms with E-state index in [1.807, 2.05) is 0 Å². The van der Waals surface area contributed by atoms with Crippen molar-refractivity contribution in [3.63, 3.8) is 0 Å². The van der Waals surface area contributed by atoms with E-state index in [1.54, 1.807) is 0 Å². The van der Waals surface area contributed by atoms with Gasteiger partial charge in [0.25, 0.3) is 5.56 Å². The molecule has 2 aromatic heterocycles. The van der Waals surface area contributed by atoms with E-state index < -0.39 is 58.1 Å². The predicted octanol–water partition coefficient (Wildman–Crippen LogP) is 5.71. The van der Waals surface area contributed by atoms with Gasteiger partial charge in [-0.25, -0.2) is 9.37 Å². The number of fused-ring (bicyclic) bond motifs is 1. The molecule has 0 radical (unpaired) electrons. The molecule has 0 saturated heterocycles. The zero-order chi connectivity index (χ0) is 26.4. The summed E-state index contributed by atoms with van der Waals surface area (Å²) >= 11 is 0. The molecule has 1 atom stereocenters. The average molecular weight is 511 g/mol. The van der Waals surface area contributed by atoms with Crippen LogP contribution >= 0.6 is 0 Å². The topological polar surface area (TPSA) is 85.8 Å². The highest BCUT2D eigenvalue weighted by Gasteiger charge is 2.36. The Kier molecular flexibility index (Phi) is 6.10. The minimum Gasteiger partial charge on any atom is -0.368 e. The van der Waals surface area contributed by atoms with Crippen LogP contribution in [0, 0.1) is 5.82 Å². The number of alkyl halides is 6. The van der Waals surface area contributed by atoms with Gasteiger partial charge in [-0.2, -0.15) is 31.3 Å². The summed E-state index contributed by atoms with van der Waals surface area (Å²) in [7, 11) is 0. The smallest absolute Gasteiger partial charge is 0.368 e. The summed E-state index contributed by atoms with van der Waals surface area (Å²) in [5, 5.41) is 1.73. The largest absolute Gasteiger partial charge is 0.421 e. The fourth-order valence-electron chi connectivity index (χ4n) is 3.81. The number of hydrogen-bond acceptors (Lipinski definition) is 5. The van der Waals surface area contributed by atoms with Gasteiger partial charge in [0.05, 0.1) is 22.7 Å². The Morgan fingerprint density at radius 3 is 2.28 bits per heavy atom. The molecule has 2 heterocycles. The SMILES string of the molecule is C[C@H](Nc1nc(N)ncc1C(F)(F)F)c1cc2cccc(C(F)(F)F)c2c(=O)n1-c1cccc(F)c1. The standard InChI is InChI=1S/C23H16F7N5O/c1-11(33-19-16(23(28,29)30)10-32-21(31)34-19)17-8-12-4-2-7-15(22(25,26)27)18(12)20(36)35(17)14-6-3-5-13(24)9-14/h2-11H,1H3,(H3,31,32,33,34)/t11-/m0/s1. The van der Waals surface area contributed by atoms with Gasteiger partial charge in [0.15, 0.2) is 0 Å². The van der Waals surface area contributed by atoms with E-state index in [2.05, 4.69) is 15.3 Å². The van der Waals surface area contributed by atoms with Crippen LogP contribution in [-0.4, -0.2) is 14.5 Å². The van der Waals surface area contributed by atoms with Gasteiger partial charge in [0, 0.05) is 11.9 Å². The lowest BCUT2D eigenvalue weighted by atomic mass is 10.0. The highest BCUT2D eigenvalue weighted by Crippen LogP contribution is 2.37. The van der Waals surface area contributed by atoms with Crippen molar-refractivity contribution in [3.8, 4) is 5.69 Å². The van der Waals surface area contributed by atoms with Gasteiger partial charge in [-0.3, -0.25) is 9.36 Å². The van der Waals surface area contributed by atoms with Gasteiger partial charge in [-0.1, -0.05) is 18.2 Å². The Labute approximate surface area is 198 Å². The highest BCUT2D eigenvalue weighted by molar-refractivity contribution is 5.86. The summed E-state index contributed by atoms with van der Waals surface area (Å²) in [5.74, 6) is -1.95. The molecule has 36 heavy (non-hydrogen) atoms. The second-order valence-corrected chi connectivity index (χ2v) is 7.81. The van der Waals surface area contributed by atoms with Crippen LogP contribution < -0.4 is 16.6 Å². The lowest BCUT2D eigenvalue weighted by molar-refractivity contribution is -0.137. The zero-order valence-electron chi connectivity index (χ0n) is 18.2. The fraction of sp³-hybridized carbons (Fsp3) is 0.174. The van der Waals surface area contributed by atoms with E-state index in [-0.39, 0.29) is 16.8 Å². The number of pyridine rings is 1. The van der Waals surface area contributed by atoms with E-state index >= 15 is 0 Å². The molecule has 0 amide bonds. The molecule has 0 aliphatic rings. The Bertz CT molecular complexity index is 1510. The van der Waals surface area contributed by atoms with E-state index in [0.717, 1.165) is 28.8 Å². The van der Waals surface area contributed by atoms with Crippen LogP contribution in [0.5, 0.6) is 0 Å². The number of hydrogen-bond donors (Lipinski definition) is 2. The normalized spacial score (nSPS) is 13.1. The Hall–Kier alpha value is -4.16. The number of benzene rings is 2. The number of nitrogen functional groups attached to an aromatic ring is 1. The van der Waals surface area contributed by atoms with Crippen molar-refractivity contribution in [1.29, 1.82) is 0 Å². The molecule has 0 saturated carbocycles. The molecule has 0 aliphatic carbocycles. The quantitative estimate of drug-likeness (QED) is 0.343. The van der Waals surface area contributed by atoms with Gasteiger partial charge >= 0.3 is 12.4 Å². The van der Waals surface area contributed by atoms with Gasteiger partial charge in [-0.15, -0.1) is 0 Å². The van der Waals surface area contributed by atoms with Crippen molar-refractivity contribution >= 4 is 22.5 Å². The van der Waals surface area contributed by atoms with Gasteiger partial charge in [-0.05, 0) is 42.6 Å². The van der Waals surface area contributed by atoms with E-state index in [1.165, 1.54) is 31.2 Å². The second kappa shape index (κ2) is 8.81. The molecule has 4 rings (SSSR count). The van der Waals surface area contributed by atoms with Crippen molar-refractivity contribution in [2.45, 2.75) is 25.3 Å². The summed E-state index contributed by atoms with van der Waals surface area (Å²) < 4.78 is 96.3. The molecule has 0 unspecified atom stereocenters. The minimum atomic E-state index is -4.87. The number of nitrogens with two attached hydrogens (primary N) is 1. The lowest BCUT2D eigenvalue weighted by Gasteiger charge is -2.23. The summed E-state index contributed by atoms with van der Waals surface area (Å²) in [5.41, 5.74) is 1.69. The molecule has 0 aliphatic heterocycles. The second-order valence-electron chi connectivity index (χ2n) is 7.81. The third-order valence-corrected chi connectivity index (χ3v) is 5.36. The molecule has 3 N–H and O–H groups in total. The minimum absolute atomic E-state index is 0.0530. The molecule has 6 nitrogen and oxygen atoms in total. The van der Waals surface area contributed by atoms with E-state index in [0.29, 0.717) is 6.20 Å². The van der Waals surface area contributed by atoms with E-state index in [4.69, 9.17) is 5.73 Å². The molecule has 13 heteroatoms. The number of halogens is 7. The molecule has 0 bridgehead atoms. The third kappa shape index (κ3) is 4.68. The van der Waals surface area contributed by atoms with Crippen molar-refractivity contribution in [2.75, 3.05) is 11.1 Å². The summed E-state index contributed by atoms with van der Waals surface area (Å²) in [6.45, 7) is 1.36. The first-order valence-electron chi connectivity index (χ1n) is 10.3. The predicted molar refractivity (Wildman–Crippen MR) is 118 cm³/mol. The van der Waals surface area contributed by atoms with Crippen LogP contribution in [0.25, 0.3) is 16.5 Å². The fourth-order valence-corrected chi connectivity index (χ4v) is 3.81. The monoisotopic (exact) mass is 511 g/mol. The first-order valence-corrected chi connectivity index (χ1v) is 10.3. The maximum atomic E-state index is 14.0. The number of anilines is 2. The molecule has 0 spiro atoms. The summed E-state index contributed by atoms with van der Waals surface area (Å²) in [6, 6.07) is 7.69. The van der Waals surface area contributed by atoms with Gasteiger partial charge < -0.3 is 11.1 Å². The van der Waals surface area contributed by atoms with Crippen LogP contribution in [0.4, 0.5) is 42.5 Å². The van der Waals surface area contributed by atoms with Crippen molar-refractivity contribution in [2.24, 2.45) is 0 Å². The van der Waals surface area contributed by atoms with Crippen LogP contribution in [-0.2, 0) is 12.4 Å². The molecule has 188 valence electrons. The zero-order valence-corrected chi connectivity index (χ0v) is 18.2. The average Bonchev–Trinajstić information content (AvgIpc) is 2.77. The van der Waals surface area contributed by atoms with Gasteiger partial charge in [0.2, 0.25) is 5.95 Å². The third-order valence-electron chi connectivity index (χ3n) is 5.36. The molecular formula is C23H16F7N5O. The van der Waals surface area contributed by atoms with Crippen LogP contribution in [0.3, 0.4) is 0 Å². The molecule has 4 aromatic rings. The van der Waals surface area contributed by atoms with E-state index in [9.17, 15) is 35.5 Å². The van der Waals surface area contributed by atoms with Crippen molar-refractivity contribution in [1.82, 2.24) is 14.5 Å². The number of nitrogens with zero attached hydrogens (tertiary/aromatic N) is 3. The Morgan fingerprint density at radius 2 is 1.64 bits per heavy atom. The van der Waals surface area contributed by atoms with Crippen molar-refractivity contribution in [3.05, 3.63) is 87.7 Å². The van der Waals surface area contributed by atoms with Crippen molar-refractivity contribution < 1.29 is 30.7 Å². The molecule has 0 fully saturated rings. The summed E-state index contributed by atoms with van der Waals surface area (Å²) in [4.78, 5) is 20.4. The first-order chi connectivity index (χ1) is 16.8. The lowest BCUT2D eigenvalue weighted by Crippen LogP contribution is -2.28. The Morgan fingerprint density at radius 1 is 0.972 bits per heavy atom. The first kappa shape index (κ1) is 24.9. The molecular weight excluding hydrogens is 495 g/mol. The number of rotatable bonds is 4. The maximum Gasteiger partial charge on any atom is 0.421 e. The number of nitrogens with one attached hydrogen (secondary N) is 1. The molecule has 2 aromatic carbocycles. The van der Waals surface area contributed by atoms with Crippen LogP contribution in [0.1, 0.15) is 29.8 Å². The van der Waals surface area contributed by atoms with Crippen LogP contribution in [0.15, 0.2) is 59.5 Å². The number of aromatic nitrogens is 3. The Balaban J connectivity index is 1.99. The highest BCUT2D eigenvalue weighted by atomic mass is 19.4.